The predicted molar refractivity (Wildman–Crippen MR) is 94.0 cm³/mol. The Hall–Kier alpha value is -2.40. The first-order valence-electron chi connectivity index (χ1n) is 7.67. The first-order valence-corrected chi connectivity index (χ1v) is 7.67. The van der Waals surface area contributed by atoms with Crippen molar-refractivity contribution in [2.24, 2.45) is 0 Å². The molecule has 2 aromatic rings. The minimum atomic E-state index is 0.511. The van der Waals surface area contributed by atoms with Gasteiger partial charge in [-0.15, -0.1) is 0 Å². The lowest BCUT2D eigenvalue weighted by Crippen LogP contribution is -2.09. The second kappa shape index (κ2) is 6.79. The summed E-state index contributed by atoms with van der Waals surface area (Å²) < 4.78 is 11.7. The molecule has 1 aliphatic heterocycles. The van der Waals surface area contributed by atoms with E-state index in [9.17, 15) is 0 Å². The number of rotatable bonds is 6. The van der Waals surface area contributed by atoms with Crippen molar-refractivity contribution in [3.63, 3.8) is 0 Å². The lowest BCUT2D eigenvalue weighted by atomic mass is 10.0. The summed E-state index contributed by atoms with van der Waals surface area (Å²) in [4.78, 5) is 0. The van der Waals surface area contributed by atoms with Crippen LogP contribution in [-0.2, 0) is 18.0 Å². The number of nitrogens with one attached hydrogen (secondary N) is 3. The highest BCUT2D eigenvalue weighted by Crippen LogP contribution is 2.48. The number of hydrogen-bond acceptors (Lipinski definition) is 5. The van der Waals surface area contributed by atoms with Gasteiger partial charge in [0, 0.05) is 32.3 Å². The van der Waals surface area contributed by atoms with Crippen LogP contribution >= 0.6 is 0 Å². The summed E-state index contributed by atoms with van der Waals surface area (Å²) in [6.45, 7) is 2.85. The van der Waals surface area contributed by atoms with Crippen molar-refractivity contribution in [3.8, 4) is 5.75 Å². The molecule has 1 heterocycles. The molecule has 0 bridgehead atoms. The number of anilines is 3. The first kappa shape index (κ1) is 15.5. The number of hydrogen-bond donors (Lipinski definition) is 3. The normalized spacial score (nSPS) is 12.7. The van der Waals surface area contributed by atoms with Crippen LogP contribution in [0.15, 0.2) is 30.3 Å². The van der Waals surface area contributed by atoms with Gasteiger partial charge < -0.3 is 25.4 Å². The molecule has 0 saturated carbocycles. The molecular weight excluding hydrogens is 290 g/mol. The SMILES string of the molecule is CNc1c2c(c(NC)c(OCc3ccccc3)c1NC)CO[CH]2. The van der Waals surface area contributed by atoms with E-state index in [-0.39, 0.29) is 0 Å². The molecule has 0 saturated heterocycles. The highest BCUT2D eigenvalue weighted by atomic mass is 16.5. The average Bonchev–Trinajstić information content (AvgIpc) is 3.08. The van der Waals surface area contributed by atoms with Crippen molar-refractivity contribution in [1.82, 2.24) is 0 Å². The summed E-state index contributed by atoms with van der Waals surface area (Å²) in [7, 11) is 5.71. The van der Waals surface area contributed by atoms with Crippen LogP contribution in [-0.4, -0.2) is 21.1 Å². The highest BCUT2D eigenvalue weighted by Gasteiger charge is 2.27. The number of ether oxygens (including phenoxy) is 2. The first-order chi connectivity index (χ1) is 11.3. The van der Waals surface area contributed by atoms with Crippen LogP contribution in [0.1, 0.15) is 16.7 Å². The summed E-state index contributed by atoms with van der Waals surface area (Å²) in [5.41, 5.74) is 6.18. The lowest BCUT2D eigenvalue weighted by molar-refractivity contribution is 0.223. The summed E-state index contributed by atoms with van der Waals surface area (Å²) in [5.74, 6) is 0.806. The minimum absolute atomic E-state index is 0.511. The van der Waals surface area contributed by atoms with Crippen molar-refractivity contribution < 1.29 is 9.47 Å². The zero-order chi connectivity index (χ0) is 16.2. The standard InChI is InChI=1S/C18H22N3O2/c1-19-15-13-10-22-11-14(13)16(20-2)18(17(15)21-3)23-9-12-7-5-4-6-8-12/h4-8,10,19-21H,9,11H2,1-3H3. The monoisotopic (exact) mass is 312 g/mol. The van der Waals surface area contributed by atoms with Gasteiger partial charge in [0.25, 0.3) is 0 Å². The van der Waals surface area contributed by atoms with Gasteiger partial charge in [0.2, 0.25) is 0 Å². The van der Waals surface area contributed by atoms with Crippen LogP contribution in [0.2, 0.25) is 0 Å². The fraction of sp³-hybridized carbons (Fsp3) is 0.278. The van der Waals surface area contributed by atoms with E-state index >= 15 is 0 Å². The molecule has 2 aromatic carbocycles. The Morgan fingerprint density at radius 1 is 0.957 bits per heavy atom. The zero-order valence-electron chi connectivity index (χ0n) is 13.7. The molecule has 5 nitrogen and oxygen atoms in total. The van der Waals surface area contributed by atoms with E-state index in [1.165, 1.54) is 0 Å². The van der Waals surface area contributed by atoms with Crippen LogP contribution < -0.4 is 20.7 Å². The molecular formula is C18H22N3O2. The van der Waals surface area contributed by atoms with Crippen LogP contribution in [0.5, 0.6) is 5.75 Å². The Balaban J connectivity index is 2.03. The fourth-order valence-corrected chi connectivity index (χ4v) is 2.92. The Morgan fingerprint density at radius 3 is 2.30 bits per heavy atom. The highest BCUT2D eigenvalue weighted by molar-refractivity contribution is 5.89. The molecule has 0 amide bonds. The van der Waals surface area contributed by atoms with Gasteiger partial charge in [-0.2, -0.15) is 0 Å². The van der Waals surface area contributed by atoms with Crippen molar-refractivity contribution in [1.29, 1.82) is 0 Å². The molecule has 0 aliphatic carbocycles. The number of benzene rings is 2. The topological polar surface area (TPSA) is 54.5 Å². The third-order valence-corrected chi connectivity index (χ3v) is 4.01. The zero-order valence-corrected chi connectivity index (χ0v) is 13.7. The minimum Gasteiger partial charge on any atom is -0.484 e. The van der Waals surface area contributed by atoms with Gasteiger partial charge >= 0.3 is 0 Å². The van der Waals surface area contributed by atoms with Crippen molar-refractivity contribution in [2.75, 3.05) is 37.1 Å². The van der Waals surface area contributed by atoms with Crippen LogP contribution in [0.4, 0.5) is 17.1 Å². The Labute approximate surface area is 137 Å². The maximum atomic E-state index is 6.17. The van der Waals surface area contributed by atoms with E-state index in [4.69, 9.17) is 9.47 Å². The largest absolute Gasteiger partial charge is 0.484 e. The maximum absolute atomic E-state index is 6.17. The number of fused-ring (bicyclic) bond motifs is 1. The summed E-state index contributed by atoms with van der Waals surface area (Å²) in [6.07, 6.45) is 0. The van der Waals surface area contributed by atoms with Gasteiger partial charge in [-0.05, 0) is 5.56 Å². The second-order valence-corrected chi connectivity index (χ2v) is 5.30. The summed E-state index contributed by atoms with van der Waals surface area (Å²) in [6, 6.07) is 10.1. The smallest absolute Gasteiger partial charge is 0.168 e. The molecule has 5 heteroatoms. The average molecular weight is 312 g/mol. The third kappa shape index (κ3) is 2.80. The van der Waals surface area contributed by atoms with E-state index in [1.54, 1.807) is 6.61 Å². The molecule has 0 fully saturated rings. The van der Waals surface area contributed by atoms with E-state index in [0.29, 0.717) is 13.2 Å². The van der Waals surface area contributed by atoms with Crippen LogP contribution in [0.3, 0.4) is 0 Å². The molecule has 23 heavy (non-hydrogen) atoms. The van der Waals surface area contributed by atoms with Crippen molar-refractivity contribution in [3.05, 3.63) is 53.6 Å². The third-order valence-electron chi connectivity index (χ3n) is 4.01. The van der Waals surface area contributed by atoms with Crippen LogP contribution in [0.25, 0.3) is 0 Å². The summed E-state index contributed by atoms with van der Waals surface area (Å²) >= 11 is 0. The molecule has 0 aromatic heterocycles. The van der Waals surface area contributed by atoms with E-state index in [2.05, 4.69) is 28.1 Å². The van der Waals surface area contributed by atoms with Crippen LogP contribution in [0, 0.1) is 6.61 Å². The van der Waals surface area contributed by atoms with Gasteiger partial charge in [0.05, 0.1) is 18.0 Å². The molecule has 121 valence electrons. The quantitative estimate of drug-likeness (QED) is 0.763. The van der Waals surface area contributed by atoms with Gasteiger partial charge in [0.15, 0.2) is 5.75 Å². The molecule has 3 N–H and O–H groups in total. The van der Waals surface area contributed by atoms with Gasteiger partial charge in [-0.3, -0.25) is 0 Å². The molecule has 1 radical (unpaired) electrons. The summed E-state index contributed by atoms with van der Waals surface area (Å²) in [5, 5.41) is 9.77. The Morgan fingerprint density at radius 2 is 1.65 bits per heavy atom. The fourth-order valence-electron chi connectivity index (χ4n) is 2.92. The van der Waals surface area contributed by atoms with E-state index in [1.807, 2.05) is 39.3 Å². The molecule has 3 rings (SSSR count). The molecule has 0 spiro atoms. The van der Waals surface area contributed by atoms with Gasteiger partial charge in [0.1, 0.15) is 18.9 Å². The molecule has 1 aliphatic rings. The van der Waals surface area contributed by atoms with Gasteiger partial charge in [-0.25, -0.2) is 0 Å². The van der Waals surface area contributed by atoms with Gasteiger partial charge in [-0.1, -0.05) is 30.3 Å². The van der Waals surface area contributed by atoms with Crippen molar-refractivity contribution >= 4 is 17.1 Å². The second-order valence-electron chi connectivity index (χ2n) is 5.30. The van der Waals surface area contributed by atoms with Crippen molar-refractivity contribution in [2.45, 2.75) is 13.2 Å². The Bertz CT molecular complexity index is 687. The van der Waals surface area contributed by atoms with E-state index < -0.39 is 0 Å². The molecule has 0 atom stereocenters. The van der Waals surface area contributed by atoms with E-state index in [0.717, 1.165) is 39.5 Å². The lowest BCUT2D eigenvalue weighted by Gasteiger charge is -2.22. The maximum Gasteiger partial charge on any atom is 0.168 e. The Kier molecular flexibility index (Phi) is 4.57. The predicted octanol–water partition coefficient (Wildman–Crippen LogP) is 3.43. The molecule has 0 unspecified atom stereocenters.